The summed E-state index contributed by atoms with van der Waals surface area (Å²) in [6.07, 6.45) is 2.97. The molecular weight excluding hydrogens is 358 g/mol. The van der Waals surface area contributed by atoms with Gasteiger partial charge in [0, 0.05) is 5.56 Å². The Balaban J connectivity index is 1.91. The third kappa shape index (κ3) is 5.56. The summed E-state index contributed by atoms with van der Waals surface area (Å²) in [6.45, 7) is 5.00. The lowest BCUT2D eigenvalue weighted by atomic mass is 10.00. The maximum absolute atomic E-state index is 12.4. The standard InChI is InChI=1S/C21H27N3O4/c1-14(2)18(23-19(26)16-8-6-15(3)7-9-16)20(27)28-12-17(25)24-21(13-22)10-4-5-11-21/h6-9,14,18H,4-5,10-12H2,1-3H3,(H,23,26)(H,24,25)/t18-/m1/s1. The van der Waals surface area contributed by atoms with E-state index < -0.39 is 30.1 Å². The molecule has 0 aliphatic heterocycles. The van der Waals surface area contributed by atoms with Crippen LogP contribution < -0.4 is 10.6 Å². The number of ether oxygens (including phenoxy) is 1. The van der Waals surface area contributed by atoms with Gasteiger partial charge in [0.1, 0.15) is 11.6 Å². The van der Waals surface area contributed by atoms with Crippen LogP contribution in [0.2, 0.25) is 0 Å². The molecule has 1 aromatic carbocycles. The van der Waals surface area contributed by atoms with Crippen molar-refractivity contribution in [2.24, 2.45) is 5.92 Å². The van der Waals surface area contributed by atoms with Crippen molar-refractivity contribution in [3.8, 4) is 6.07 Å². The van der Waals surface area contributed by atoms with E-state index >= 15 is 0 Å². The molecule has 1 saturated carbocycles. The van der Waals surface area contributed by atoms with Crippen LogP contribution in [0, 0.1) is 24.2 Å². The molecular formula is C21H27N3O4. The molecule has 7 heteroatoms. The number of hydrogen-bond acceptors (Lipinski definition) is 5. The molecule has 0 saturated heterocycles. The molecule has 2 rings (SSSR count). The van der Waals surface area contributed by atoms with E-state index in [9.17, 15) is 19.6 Å². The van der Waals surface area contributed by atoms with Gasteiger partial charge in [0.25, 0.3) is 11.8 Å². The summed E-state index contributed by atoms with van der Waals surface area (Å²) < 4.78 is 5.11. The van der Waals surface area contributed by atoms with Gasteiger partial charge in [-0.3, -0.25) is 9.59 Å². The van der Waals surface area contributed by atoms with Crippen molar-refractivity contribution in [3.05, 3.63) is 35.4 Å². The Morgan fingerprint density at radius 1 is 1.18 bits per heavy atom. The van der Waals surface area contributed by atoms with Crippen LogP contribution >= 0.6 is 0 Å². The van der Waals surface area contributed by atoms with Crippen LogP contribution in [0.25, 0.3) is 0 Å². The number of rotatable bonds is 7. The third-order valence-electron chi connectivity index (χ3n) is 4.92. The lowest BCUT2D eigenvalue weighted by Gasteiger charge is -2.23. The van der Waals surface area contributed by atoms with Crippen LogP contribution in [0.4, 0.5) is 0 Å². The van der Waals surface area contributed by atoms with Gasteiger partial charge < -0.3 is 15.4 Å². The summed E-state index contributed by atoms with van der Waals surface area (Å²) in [5, 5.41) is 14.7. The van der Waals surface area contributed by atoms with Gasteiger partial charge in [-0.1, -0.05) is 31.5 Å². The minimum Gasteiger partial charge on any atom is -0.454 e. The maximum Gasteiger partial charge on any atom is 0.329 e. The van der Waals surface area contributed by atoms with E-state index in [4.69, 9.17) is 4.74 Å². The van der Waals surface area contributed by atoms with Gasteiger partial charge >= 0.3 is 5.97 Å². The number of carbonyl (C=O) groups is 3. The summed E-state index contributed by atoms with van der Waals surface area (Å²) in [4.78, 5) is 36.9. The zero-order valence-electron chi connectivity index (χ0n) is 16.6. The molecule has 1 aliphatic carbocycles. The van der Waals surface area contributed by atoms with Crippen LogP contribution in [0.15, 0.2) is 24.3 Å². The number of amides is 2. The molecule has 0 unspecified atom stereocenters. The minimum atomic E-state index is -0.877. The highest BCUT2D eigenvalue weighted by Crippen LogP contribution is 2.28. The molecule has 1 aromatic rings. The SMILES string of the molecule is Cc1ccc(C(=O)N[C@@H](C(=O)OCC(=O)NC2(C#N)CCCC2)C(C)C)cc1. The Labute approximate surface area is 165 Å². The van der Waals surface area contributed by atoms with Crippen LogP contribution in [0.1, 0.15) is 55.5 Å². The van der Waals surface area contributed by atoms with Gasteiger partial charge in [-0.05, 0) is 50.7 Å². The van der Waals surface area contributed by atoms with Crippen molar-refractivity contribution in [2.45, 2.75) is 58.0 Å². The third-order valence-corrected chi connectivity index (χ3v) is 4.92. The molecule has 2 amide bonds. The van der Waals surface area contributed by atoms with Gasteiger partial charge in [-0.15, -0.1) is 0 Å². The highest BCUT2D eigenvalue weighted by molar-refractivity contribution is 5.97. The second kappa shape index (κ2) is 9.36. The monoisotopic (exact) mass is 385 g/mol. The van der Waals surface area contributed by atoms with E-state index in [2.05, 4.69) is 16.7 Å². The quantitative estimate of drug-likeness (QED) is 0.700. The van der Waals surface area contributed by atoms with Gasteiger partial charge in [-0.25, -0.2) is 4.79 Å². The number of hydrogen-bond donors (Lipinski definition) is 2. The number of esters is 1. The number of benzene rings is 1. The Bertz CT molecular complexity index is 759. The second-order valence-electron chi connectivity index (χ2n) is 7.62. The van der Waals surface area contributed by atoms with Crippen molar-refractivity contribution in [1.29, 1.82) is 5.26 Å². The van der Waals surface area contributed by atoms with Crippen molar-refractivity contribution >= 4 is 17.8 Å². The van der Waals surface area contributed by atoms with E-state index in [1.54, 1.807) is 26.0 Å². The Kier molecular flexibility index (Phi) is 7.16. The smallest absolute Gasteiger partial charge is 0.329 e. The van der Waals surface area contributed by atoms with Crippen LogP contribution in [-0.2, 0) is 14.3 Å². The van der Waals surface area contributed by atoms with Crippen molar-refractivity contribution in [2.75, 3.05) is 6.61 Å². The van der Waals surface area contributed by atoms with E-state index in [1.807, 2.05) is 19.1 Å². The minimum absolute atomic E-state index is 0.217. The average Bonchev–Trinajstić information content (AvgIpc) is 3.13. The number of nitriles is 1. The van der Waals surface area contributed by atoms with Crippen LogP contribution in [-0.4, -0.2) is 36.0 Å². The second-order valence-corrected chi connectivity index (χ2v) is 7.62. The molecule has 0 heterocycles. The van der Waals surface area contributed by atoms with Gasteiger partial charge in [0.05, 0.1) is 6.07 Å². The molecule has 150 valence electrons. The Morgan fingerprint density at radius 3 is 2.32 bits per heavy atom. The zero-order chi connectivity index (χ0) is 20.7. The zero-order valence-corrected chi connectivity index (χ0v) is 16.6. The number of nitrogens with one attached hydrogen (secondary N) is 2. The van der Waals surface area contributed by atoms with Gasteiger partial charge in [0.2, 0.25) is 0 Å². The number of aryl methyl sites for hydroxylation is 1. The highest BCUT2D eigenvalue weighted by atomic mass is 16.5. The van der Waals surface area contributed by atoms with E-state index in [1.165, 1.54) is 0 Å². The molecule has 1 aliphatic rings. The summed E-state index contributed by atoms with van der Waals surface area (Å²) in [5.74, 6) is -1.79. The van der Waals surface area contributed by atoms with Crippen LogP contribution in [0.5, 0.6) is 0 Å². The molecule has 28 heavy (non-hydrogen) atoms. The molecule has 1 atom stereocenters. The van der Waals surface area contributed by atoms with E-state index in [0.717, 1.165) is 18.4 Å². The molecule has 1 fully saturated rings. The first-order valence-corrected chi connectivity index (χ1v) is 9.53. The van der Waals surface area contributed by atoms with Gasteiger partial charge in [0.15, 0.2) is 6.61 Å². The van der Waals surface area contributed by atoms with Crippen molar-refractivity contribution in [1.82, 2.24) is 10.6 Å². The first-order valence-electron chi connectivity index (χ1n) is 9.53. The van der Waals surface area contributed by atoms with Crippen LogP contribution in [0.3, 0.4) is 0 Å². The highest BCUT2D eigenvalue weighted by Gasteiger charge is 2.36. The molecule has 0 radical (unpaired) electrons. The van der Waals surface area contributed by atoms with Crippen molar-refractivity contribution in [3.63, 3.8) is 0 Å². The molecule has 7 nitrogen and oxygen atoms in total. The largest absolute Gasteiger partial charge is 0.454 e. The normalized spacial score (nSPS) is 16.1. The first-order chi connectivity index (χ1) is 13.3. The predicted octanol–water partition coefficient (Wildman–Crippen LogP) is 2.25. The van der Waals surface area contributed by atoms with Gasteiger partial charge in [-0.2, -0.15) is 5.26 Å². The number of nitrogens with zero attached hydrogens (tertiary/aromatic N) is 1. The lowest BCUT2D eigenvalue weighted by Crippen LogP contribution is -2.49. The Morgan fingerprint density at radius 2 is 1.79 bits per heavy atom. The van der Waals surface area contributed by atoms with E-state index in [0.29, 0.717) is 18.4 Å². The maximum atomic E-state index is 12.4. The fraction of sp³-hybridized carbons (Fsp3) is 0.524. The Hall–Kier alpha value is -2.88. The molecule has 0 aromatic heterocycles. The average molecular weight is 385 g/mol. The van der Waals surface area contributed by atoms with E-state index in [-0.39, 0.29) is 11.8 Å². The number of carbonyl (C=O) groups excluding carboxylic acids is 3. The predicted molar refractivity (Wildman–Crippen MR) is 103 cm³/mol. The summed E-state index contributed by atoms with van der Waals surface area (Å²) in [6, 6.07) is 8.28. The molecule has 2 N–H and O–H groups in total. The topological polar surface area (TPSA) is 108 Å². The molecule has 0 bridgehead atoms. The summed E-state index contributed by atoms with van der Waals surface area (Å²) >= 11 is 0. The first kappa shape index (κ1) is 21.4. The summed E-state index contributed by atoms with van der Waals surface area (Å²) in [5.41, 5.74) is 0.611. The summed E-state index contributed by atoms with van der Waals surface area (Å²) in [7, 11) is 0. The fourth-order valence-corrected chi connectivity index (χ4v) is 3.20. The molecule has 0 spiro atoms. The lowest BCUT2D eigenvalue weighted by molar-refractivity contribution is -0.151. The van der Waals surface area contributed by atoms with Crippen molar-refractivity contribution < 1.29 is 19.1 Å². The fourth-order valence-electron chi connectivity index (χ4n) is 3.20.